The van der Waals surface area contributed by atoms with Crippen molar-refractivity contribution in [2.45, 2.75) is 51.3 Å². The molecule has 2 aromatic rings. The van der Waals surface area contributed by atoms with Gasteiger partial charge in [0.05, 0.1) is 35.4 Å². The first kappa shape index (κ1) is 32.6. The molecular formula is C28H32Br2O8S. The van der Waals surface area contributed by atoms with E-state index in [0.717, 1.165) is 23.9 Å². The maximum absolute atomic E-state index is 12.5. The maximum atomic E-state index is 12.5. The third kappa shape index (κ3) is 7.32. The standard InChI is InChI=1S/C28H32Br2O8S/c1-9-17(31)37-25-21(33-11-3)15(7)19(29)23(35-13-5)27(25)39-28-24(36-14-6)20(30)16(8)22(34-12-4)26(28)38-18(32)10-2/h9-10H,1-2,11-14H2,3-8H3. The Labute approximate surface area is 250 Å². The summed E-state index contributed by atoms with van der Waals surface area (Å²) in [5.74, 6) is 0.328. The molecule has 0 bridgehead atoms. The summed E-state index contributed by atoms with van der Waals surface area (Å²) in [6.45, 7) is 19.2. The summed E-state index contributed by atoms with van der Waals surface area (Å²) in [6.07, 6.45) is 2.11. The number of rotatable bonds is 14. The first-order chi connectivity index (χ1) is 18.6. The van der Waals surface area contributed by atoms with E-state index in [0.29, 0.717) is 79.3 Å². The van der Waals surface area contributed by atoms with Crippen molar-refractivity contribution in [3.8, 4) is 34.5 Å². The van der Waals surface area contributed by atoms with E-state index in [2.05, 4.69) is 45.0 Å². The van der Waals surface area contributed by atoms with Gasteiger partial charge in [-0.15, -0.1) is 0 Å². The first-order valence-electron chi connectivity index (χ1n) is 12.2. The van der Waals surface area contributed by atoms with Crippen LogP contribution in [-0.4, -0.2) is 38.4 Å². The maximum Gasteiger partial charge on any atom is 0.335 e. The number of benzene rings is 2. The van der Waals surface area contributed by atoms with E-state index in [1.807, 2.05) is 41.5 Å². The van der Waals surface area contributed by atoms with Gasteiger partial charge in [0.1, 0.15) is 9.79 Å². The van der Waals surface area contributed by atoms with Gasteiger partial charge in [0.2, 0.25) is 0 Å². The lowest BCUT2D eigenvalue weighted by Gasteiger charge is -2.24. The Morgan fingerprint density at radius 3 is 1.23 bits per heavy atom. The second kappa shape index (κ2) is 15.2. The third-order valence-electron chi connectivity index (χ3n) is 5.07. The number of carbonyl (C=O) groups is 2. The molecule has 39 heavy (non-hydrogen) atoms. The second-order valence-electron chi connectivity index (χ2n) is 7.60. The van der Waals surface area contributed by atoms with Crippen molar-refractivity contribution in [1.82, 2.24) is 0 Å². The van der Waals surface area contributed by atoms with E-state index in [-0.39, 0.29) is 11.5 Å². The van der Waals surface area contributed by atoms with E-state index in [1.54, 1.807) is 0 Å². The molecule has 2 rings (SSSR count). The van der Waals surface area contributed by atoms with Gasteiger partial charge in [0.25, 0.3) is 0 Å². The van der Waals surface area contributed by atoms with Crippen LogP contribution in [0.15, 0.2) is 44.0 Å². The molecule has 0 amide bonds. The molecule has 8 nitrogen and oxygen atoms in total. The zero-order chi connectivity index (χ0) is 29.3. The Kier molecular flexibility index (Phi) is 12.7. The van der Waals surface area contributed by atoms with Crippen molar-refractivity contribution < 1.29 is 38.0 Å². The van der Waals surface area contributed by atoms with Gasteiger partial charge >= 0.3 is 11.9 Å². The Hall–Kier alpha value is -2.63. The van der Waals surface area contributed by atoms with Crippen LogP contribution in [-0.2, 0) is 9.59 Å². The van der Waals surface area contributed by atoms with Gasteiger partial charge in [0.15, 0.2) is 34.5 Å². The normalized spacial score (nSPS) is 10.5. The predicted octanol–water partition coefficient (Wildman–Crippen LogP) is 7.76. The minimum Gasteiger partial charge on any atom is -0.491 e. The number of hydrogen-bond donors (Lipinski definition) is 0. The van der Waals surface area contributed by atoms with Gasteiger partial charge in [-0.05, 0) is 73.4 Å². The fourth-order valence-corrected chi connectivity index (χ4v) is 5.85. The Morgan fingerprint density at radius 2 is 0.949 bits per heavy atom. The van der Waals surface area contributed by atoms with Gasteiger partial charge in [-0.1, -0.05) is 24.9 Å². The van der Waals surface area contributed by atoms with Crippen LogP contribution in [0.1, 0.15) is 38.8 Å². The molecule has 0 aliphatic carbocycles. The van der Waals surface area contributed by atoms with Gasteiger partial charge in [-0.2, -0.15) is 0 Å². The average Bonchev–Trinajstić information content (AvgIpc) is 2.92. The summed E-state index contributed by atoms with van der Waals surface area (Å²) in [6, 6.07) is 0. The van der Waals surface area contributed by atoms with Crippen molar-refractivity contribution in [2.75, 3.05) is 26.4 Å². The highest BCUT2D eigenvalue weighted by atomic mass is 79.9. The van der Waals surface area contributed by atoms with Crippen LogP contribution in [0.3, 0.4) is 0 Å². The van der Waals surface area contributed by atoms with Crippen molar-refractivity contribution in [2.24, 2.45) is 0 Å². The van der Waals surface area contributed by atoms with Crippen LogP contribution < -0.4 is 28.4 Å². The highest BCUT2D eigenvalue weighted by Gasteiger charge is 2.32. The number of hydrogen-bond acceptors (Lipinski definition) is 9. The van der Waals surface area contributed by atoms with E-state index in [9.17, 15) is 9.59 Å². The quantitative estimate of drug-likeness (QED) is 0.112. The number of carbonyl (C=O) groups excluding carboxylic acids is 2. The molecule has 212 valence electrons. The smallest absolute Gasteiger partial charge is 0.335 e. The van der Waals surface area contributed by atoms with E-state index >= 15 is 0 Å². The largest absolute Gasteiger partial charge is 0.491 e. The summed E-state index contributed by atoms with van der Waals surface area (Å²) in [7, 11) is 0. The summed E-state index contributed by atoms with van der Waals surface area (Å²) >= 11 is 8.36. The molecule has 0 fully saturated rings. The number of ether oxygens (including phenoxy) is 6. The molecule has 11 heteroatoms. The summed E-state index contributed by atoms with van der Waals surface area (Å²) in [5, 5.41) is 0. The van der Waals surface area contributed by atoms with Crippen LogP contribution in [0, 0.1) is 13.8 Å². The molecule has 0 N–H and O–H groups in total. The minimum atomic E-state index is -0.689. The molecule has 0 atom stereocenters. The highest BCUT2D eigenvalue weighted by molar-refractivity contribution is 9.11. The fourth-order valence-electron chi connectivity index (χ4n) is 3.43. The molecule has 0 aliphatic heterocycles. The summed E-state index contributed by atoms with van der Waals surface area (Å²) in [5.41, 5.74) is 1.33. The van der Waals surface area contributed by atoms with Crippen LogP contribution in [0.2, 0.25) is 0 Å². The van der Waals surface area contributed by atoms with E-state index in [1.165, 1.54) is 0 Å². The van der Waals surface area contributed by atoms with Gasteiger partial charge in [0, 0.05) is 23.3 Å². The molecule has 0 aliphatic rings. The molecule has 0 saturated carbocycles. The minimum absolute atomic E-state index is 0.119. The molecule has 0 spiro atoms. The van der Waals surface area contributed by atoms with Crippen LogP contribution in [0.5, 0.6) is 34.5 Å². The molecule has 0 aromatic heterocycles. The molecule has 0 saturated heterocycles. The fraction of sp³-hybridized carbons (Fsp3) is 0.357. The number of halogens is 2. The highest BCUT2D eigenvalue weighted by Crippen LogP contribution is 2.59. The Morgan fingerprint density at radius 1 is 0.641 bits per heavy atom. The van der Waals surface area contributed by atoms with Crippen molar-refractivity contribution in [1.29, 1.82) is 0 Å². The molecule has 0 radical (unpaired) electrons. The zero-order valence-corrected chi connectivity index (χ0v) is 26.8. The summed E-state index contributed by atoms with van der Waals surface area (Å²) in [4.78, 5) is 25.7. The van der Waals surface area contributed by atoms with Crippen molar-refractivity contribution >= 4 is 55.6 Å². The van der Waals surface area contributed by atoms with Gasteiger partial charge in [-0.25, -0.2) is 9.59 Å². The second-order valence-corrected chi connectivity index (χ2v) is 10.2. The van der Waals surface area contributed by atoms with Crippen LogP contribution in [0.4, 0.5) is 0 Å². The SMILES string of the molecule is C=CC(=O)Oc1c(OCC)c(C)c(Br)c(OCC)c1Sc1c(OCC)c(Br)c(C)c(OCC)c1OC(=O)C=C. The lowest BCUT2D eigenvalue weighted by atomic mass is 10.2. The van der Waals surface area contributed by atoms with Crippen molar-refractivity contribution in [3.63, 3.8) is 0 Å². The van der Waals surface area contributed by atoms with Crippen LogP contribution >= 0.6 is 43.6 Å². The Balaban J connectivity index is 3.09. The number of esters is 2. The van der Waals surface area contributed by atoms with Gasteiger partial charge in [-0.3, -0.25) is 0 Å². The molecular weight excluding hydrogens is 656 g/mol. The molecule has 0 unspecified atom stereocenters. The van der Waals surface area contributed by atoms with E-state index < -0.39 is 11.9 Å². The molecule has 2 aromatic carbocycles. The average molecular weight is 688 g/mol. The molecule has 0 heterocycles. The van der Waals surface area contributed by atoms with Crippen LogP contribution in [0.25, 0.3) is 0 Å². The zero-order valence-electron chi connectivity index (χ0n) is 22.8. The first-order valence-corrected chi connectivity index (χ1v) is 14.6. The topological polar surface area (TPSA) is 89.5 Å². The lowest BCUT2D eigenvalue weighted by molar-refractivity contribution is -0.130. The summed E-state index contributed by atoms with van der Waals surface area (Å²) < 4.78 is 36.6. The van der Waals surface area contributed by atoms with Crippen molar-refractivity contribution in [3.05, 3.63) is 45.4 Å². The lowest BCUT2D eigenvalue weighted by Crippen LogP contribution is -2.11. The van der Waals surface area contributed by atoms with Gasteiger partial charge < -0.3 is 28.4 Å². The van der Waals surface area contributed by atoms with E-state index in [4.69, 9.17) is 28.4 Å². The monoisotopic (exact) mass is 686 g/mol. The predicted molar refractivity (Wildman–Crippen MR) is 158 cm³/mol. The third-order valence-corrected chi connectivity index (χ3v) is 8.13. The Bertz CT molecular complexity index is 1160.